The number of carbonyl (C=O) groups is 1. The van der Waals surface area contributed by atoms with Crippen LogP contribution >= 0.6 is 24.0 Å². The summed E-state index contributed by atoms with van der Waals surface area (Å²) < 4.78 is 0. The summed E-state index contributed by atoms with van der Waals surface area (Å²) in [6.07, 6.45) is 3.17. The number of pyridine rings is 1. The maximum Gasteiger partial charge on any atom is 0.255 e. The fourth-order valence-electron chi connectivity index (χ4n) is 1.44. The van der Waals surface area contributed by atoms with E-state index in [0.717, 1.165) is 11.3 Å². The zero-order valence-electron chi connectivity index (χ0n) is 9.68. The molecule has 3 nitrogen and oxygen atoms in total. The molecule has 0 atom stereocenters. The van der Waals surface area contributed by atoms with Gasteiger partial charge in [-0.05, 0) is 36.8 Å². The lowest BCUT2D eigenvalue weighted by atomic mass is 10.2. The van der Waals surface area contributed by atoms with Crippen molar-refractivity contribution in [3.8, 4) is 0 Å². The molecule has 0 fully saturated rings. The van der Waals surface area contributed by atoms with Crippen molar-refractivity contribution in [3.63, 3.8) is 0 Å². The summed E-state index contributed by atoms with van der Waals surface area (Å²) in [4.78, 5) is 15.8. The number of amides is 1. The van der Waals surface area contributed by atoms with E-state index in [2.05, 4.69) is 10.3 Å². The van der Waals surface area contributed by atoms with Gasteiger partial charge in [-0.25, -0.2) is 0 Å². The largest absolute Gasteiger partial charge is 0.322 e. The average Bonchev–Trinajstić information content (AvgIpc) is 2.36. The fraction of sp³-hybridized carbons (Fsp3) is 0.0769. The number of nitrogens with one attached hydrogen (secondary N) is 1. The van der Waals surface area contributed by atoms with Crippen molar-refractivity contribution in [2.75, 3.05) is 5.32 Å². The molecule has 0 radical (unpaired) electrons. The molecular weight excluding hydrogens is 271 g/mol. The van der Waals surface area contributed by atoms with Gasteiger partial charge in [-0.3, -0.25) is 9.78 Å². The molecule has 2 aromatic rings. The molecule has 1 amide bonds. The van der Waals surface area contributed by atoms with Crippen molar-refractivity contribution in [3.05, 3.63) is 58.9 Å². The van der Waals surface area contributed by atoms with Gasteiger partial charge in [0, 0.05) is 28.7 Å². The van der Waals surface area contributed by atoms with Crippen molar-refractivity contribution >= 4 is 35.6 Å². The number of benzene rings is 1. The Labute approximate surface area is 117 Å². The molecule has 0 unspecified atom stereocenters. The van der Waals surface area contributed by atoms with Crippen LogP contribution in [0, 0.1) is 6.92 Å². The van der Waals surface area contributed by atoms with Crippen LogP contribution in [0.25, 0.3) is 0 Å². The third-order valence-corrected chi connectivity index (χ3v) is 2.87. The van der Waals surface area contributed by atoms with Crippen LogP contribution in [0.3, 0.4) is 0 Å². The molecule has 1 heterocycles. The minimum atomic E-state index is -0.169. The van der Waals surface area contributed by atoms with Crippen molar-refractivity contribution in [1.29, 1.82) is 0 Å². The first-order chi connectivity index (χ1) is 8.18. The predicted molar refractivity (Wildman–Crippen MR) is 75.6 cm³/mol. The number of hydrogen-bond acceptors (Lipinski definition) is 2. The van der Waals surface area contributed by atoms with Crippen LogP contribution in [0.4, 0.5) is 5.69 Å². The summed E-state index contributed by atoms with van der Waals surface area (Å²) in [5, 5.41) is 3.45. The quantitative estimate of drug-likeness (QED) is 0.912. The molecule has 0 aliphatic heterocycles. The van der Waals surface area contributed by atoms with E-state index in [9.17, 15) is 4.79 Å². The third kappa shape index (κ3) is 3.22. The molecule has 94 valence electrons. The van der Waals surface area contributed by atoms with E-state index in [4.69, 9.17) is 11.6 Å². The zero-order valence-corrected chi connectivity index (χ0v) is 11.3. The molecule has 0 saturated carbocycles. The van der Waals surface area contributed by atoms with E-state index < -0.39 is 0 Å². The molecule has 18 heavy (non-hydrogen) atoms. The van der Waals surface area contributed by atoms with Gasteiger partial charge in [0.2, 0.25) is 0 Å². The number of aromatic nitrogens is 1. The maximum atomic E-state index is 11.9. The first-order valence-electron chi connectivity index (χ1n) is 5.15. The van der Waals surface area contributed by atoms with E-state index in [-0.39, 0.29) is 18.3 Å². The molecule has 0 aliphatic carbocycles. The first kappa shape index (κ1) is 14.5. The molecule has 1 aromatic heterocycles. The molecular formula is C13H12Cl2N2O. The first-order valence-corrected chi connectivity index (χ1v) is 5.53. The standard InChI is InChI=1S/C13H11ClN2O.ClH/c1-9-11(14)3-2-4-12(9)16-13(17)10-5-7-15-8-6-10;/h2-8H,1H3,(H,16,17);1H. The summed E-state index contributed by atoms with van der Waals surface area (Å²) in [6.45, 7) is 1.87. The SMILES string of the molecule is Cc1c(Cl)cccc1NC(=O)c1ccncc1.Cl. The van der Waals surface area contributed by atoms with E-state index in [1.165, 1.54) is 0 Å². The summed E-state index contributed by atoms with van der Waals surface area (Å²) in [6, 6.07) is 8.74. The van der Waals surface area contributed by atoms with Crippen LogP contribution in [-0.2, 0) is 0 Å². The Hall–Kier alpha value is -1.58. The van der Waals surface area contributed by atoms with E-state index in [0.29, 0.717) is 10.6 Å². The van der Waals surface area contributed by atoms with Gasteiger partial charge < -0.3 is 5.32 Å². The Bertz CT molecular complexity index is 544. The van der Waals surface area contributed by atoms with Gasteiger partial charge in [0.15, 0.2) is 0 Å². The van der Waals surface area contributed by atoms with Crippen LogP contribution in [0.15, 0.2) is 42.7 Å². The predicted octanol–water partition coefficient (Wildman–Crippen LogP) is 3.72. The topological polar surface area (TPSA) is 42.0 Å². The minimum absolute atomic E-state index is 0. The van der Waals surface area contributed by atoms with E-state index in [1.807, 2.05) is 13.0 Å². The Balaban J connectivity index is 0.00000162. The van der Waals surface area contributed by atoms with Gasteiger partial charge >= 0.3 is 0 Å². The second kappa shape index (κ2) is 6.38. The Kier molecular flexibility index (Phi) is 5.13. The van der Waals surface area contributed by atoms with Crippen LogP contribution in [0.2, 0.25) is 5.02 Å². The van der Waals surface area contributed by atoms with Crippen molar-refractivity contribution in [2.45, 2.75) is 6.92 Å². The van der Waals surface area contributed by atoms with Gasteiger partial charge in [0.1, 0.15) is 0 Å². The van der Waals surface area contributed by atoms with Crippen molar-refractivity contribution in [1.82, 2.24) is 4.98 Å². The molecule has 1 aromatic carbocycles. The highest BCUT2D eigenvalue weighted by molar-refractivity contribution is 6.31. The van der Waals surface area contributed by atoms with Gasteiger partial charge in [0.25, 0.3) is 5.91 Å². The Morgan fingerprint density at radius 1 is 1.22 bits per heavy atom. The van der Waals surface area contributed by atoms with Gasteiger partial charge in [0.05, 0.1) is 0 Å². The van der Waals surface area contributed by atoms with Crippen molar-refractivity contribution in [2.24, 2.45) is 0 Å². The fourth-order valence-corrected chi connectivity index (χ4v) is 1.62. The molecule has 5 heteroatoms. The lowest BCUT2D eigenvalue weighted by Gasteiger charge is -2.09. The monoisotopic (exact) mass is 282 g/mol. The number of rotatable bonds is 2. The number of carbonyl (C=O) groups excluding carboxylic acids is 1. The number of nitrogens with zero attached hydrogens (tertiary/aromatic N) is 1. The highest BCUT2D eigenvalue weighted by Gasteiger charge is 2.08. The summed E-state index contributed by atoms with van der Waals surface area (Å²) >= 11 is 5.98. The van der Waals surface area contributed by atoms with E-state index in [1.54, 1.807) is 36.7 Å². The highest BCUT2D eigenvalue weighted by atomic mass is 35.5. The number of anilines is 1. The lowest BCUT2D eigenvalue weighted by molar-refractivity contribution is 0.102. The van der Waals surface area contributed by atoms with Gasteiger partial charge in [-0.2, -0.15) is 0 Å². The Morgan fingerprint density at radius 3 is 2.56 bits per heavy atom. The van der Waals surface area contributed by atoms with Gasteiger partial charge in [-0.15, -0.1) is 12.4 Å². The molecule has 0 spiro atoms. The molecule has 1 N–H and O–H groups in total. The smallest absolute Gasteiger partial charge is 0.255 e. The normalized spacial score (nSPS) is 9.44. The maximum absolute atomic E-state index is 11.9. The summed E-state index contributed by atoms with van der Waals surface area (Å²) in [5.74, 6) is -0.169. The molecule has 0 aliphatic rings. The third-order valence-electron chi connectivity index (χ3n) is 2.46. The minimum Gasteiger partial charge on any atom is -0.322 e. The zero-order chi connectivity index (χ0) is 12.3. The molecule has 0 bridgehead atoms. The van der Waals surface area contributed by atoms with Crippen LogP contribution in [-0.4, -0.2) is 10.9 Å². The second-order valence-electron chi connectivity index (χ2n) is 3.60. The highest BCUT2D eigenvalue weighted by Crippen LogP contribution is 2.23. The van der Waals surface area contributed by atoms with Crippen LogP contribution in [0.5, 0.6) is 0 Å². The summed E-state index contributed by atoms with van der Waals surface area (Å²) in [5.41, 5.74) is 2.15. The Morgan fingerprint density at radius 2 is 1.89 bits per heavy atom. The van der Waals surface area contributed by atoms with Crippen LogP contribution < -0.4 is 5.32 Å². The van der Waals surface area contributed by atoms with Crippen LogP contribution in [0.1, 0.15) is 15.9 Å². The van der Waals surface area contributed by atoms with Gasteiger partial charge in [-0.1, -0.05) is 17.7 Å². The average molecular weight is 283 g/mol. The second-order valence-corrected chi connectivity index (χ2v) is 4.01. The molecule has 0 saturated heterocycles. The lowest BCUT2D eigenvalue weighted by Crippen LogP contribution is -2.12. The molecule has 2 rings (SSSR count). The van der Waals surface area contributed by atoms with Crippen molar-refractivity contribution < 1.29 is 4.79 Å². The summed E-state index contributed by atoms with van der Waals surface area (Å²) in [7, 11) is 0. The van der Waals surface area contributed by atoms with E-state index >= 15 is 0 Å². The number of hydrogen-bond donors (Lipinski definition) is 1. The number of halogens is 2.